The molecule has 2 aromatic carbocycles. The van der Waals surface area contributed by atoms with Crippen molar-refractivity contribution >= 4 is 35.0 Å². The van der Waals surface area contributed by atoms with Gasteiger partial charge in [-0.3, -0.25) is 14.5 Å². The maximum Gasteiger partial charge on any atom is 0.238 e. The molecular weight excluding hydrogens is 544 g/mol. The van der Waals surface area contributed by atoms with Gasteiger partial charge in [0.25, 0.3) is 0 Å². The zero-order valence-corrected chi connectivity index (χ0v) is 24.7. The van der Waals surface area contributed by atoms with Crippen LogP contribution in [0.1, 0.15) is 57.5 Å². The number of benzene rings is 2. The van der Waals surface area contributed by atoms with Crippen molar-refractivity contribution in [1.82, 2.24) is 0 Å². The topological polar surface area (TPSA) is 123 Å². The first-order valence-corrected chi connectivity index (χ1v) is 15.0. The average molecular weight is 585 g/mol. The van der Waals surface area contributed by atoms with Gasteiger partial charge in [-0.1, -0.05) is 42.7 Å². The molecule has 0 saturated carbocycles. The van der Waals surface area contributed by atoms with E-state index >= 15 is 0 Å². The van der Waals surface area contributed by atoms with Crippen LogP contribution in [0.4, 0.5) is 17.1 Å². The Labute approximate surface area is 252 Å². The summed E-state index contributed by atoms with van der Waals surface area (Å²) in [5.41, 5.74) is 4.95. The molecule has 2 aliphatic rings. The van der Waals surface area contributed by atoms with Gasteiger partial charge in [-0.05, 0) is 92.8 Å². The molecule has 8 nitrogen and oxygen atoms in total. The number of carbonyl (C=O) groups excluding carboxylic acids is 2. The van der Waals surface area contributed by atoms with E-state index in [1.54, 1.807) is 24.3 Å². The van der Waals surface area contributed by atoms with Gasteiger partial charge in [0.15, 0.2) is 0 Å². The van der Waals surface area contributed by atoms with Crippen molar-refractivity contribution in [2.45, 2.75) is 58.7 Å². The van der Waals surface area contributed by atoms with Crippen LogP contribution in [-0.4, -0.2) is 39.8 Å². The molecule has 1 aliphatic carbocycles. The molecule has 8 heteroatoms. The van der Waals surface area contributed by atoms with E-state index in [9.17, 15) is 24.9 Å². The summed E-state index contributed by atoms with van der Waals surface area (Å²) in [6.45, 7) is 3.51. The van der Waals surface area contributed by atoms with Gasteiger partial charge in [0.2, 0.25) is 11.8 Å². The lowest BCUT2D eigenvalue weighted by molar-refractivity contribution is -0.123. The maximum absolute atomic E-state index is 13.9. The highest BCUT2D eigenvalue weighted by Crippen LogP contribution is 2.48. The van der Waals surface area contributed by atoms with Crippen molar-refractivity contribution in [3.8, 4) is 0 Å². The second-order valence-corrected chi connectivity index (χ2v) is 11.5. The highest BCUT2D eigenvalue weighted by molar-refractivity contribution is 6.22. The summed E-state index contributed by atoms with van der Waals surface area (Å²) in [5, 5.41) is 34.6. The number of allylic oxidation sites excluding steroid dienone is 2. The average Bonchev–Trinajstić information content (AvgIpc) is 3.57. The van der Waals surface area contributed by atoms with Gasteiger partial charge in [-0.15, -0.1) is 0 Å². The summed E-state index contributed by atoms with van der Waals surface area (Å²) >= 11 is 0. The Morgan fingerprint density at radius 2 is 1.74 bits per heavy atom. The van der Waals surface area contributed by atoms with Crippen LogP contribution in [0.2, 0.25) is 0 Å². The van der Waals surface area contributed by atoms with E-state index in [1.807, 2.05) is 62.4 Å². The predicted octanol–water partition coefficient (Wildman–Crippen LogP) is 5.97. The first-order valence-electron chi connectivity index (χ1n) is 15.0. The van der Waals surface area contributed by atoms with Crippen molar-refractivity contribution in [1.29, 1.82) is 0 Å². The van der Waals surface area contributed by atoms with Crippen molar-refractivity contribution in [3.63, 3.8) is 0 Å². The van der Waals surface area contributed by atoms with Crippen LogP contribution in [0.3, 0.4) is 0 Å². The van der Waals surface area contributed by atoms with Crippen molar-refractivity contribution in [2.24, 2.45) is 17.8 Å². The number of rotatable bonds is 12. The molecule has 226 valence electrons. The number of aliphatic hydroxyl groups excluding tert-OH is 3. The zero-order chi connectivity index (χ0) is 30.5. The number of hydrogen-bond donors (Lipinski definition) is 4. The van der Waals surface area contributed by atoms with E-state index in [4.69, 9.17) is 4.42 Å². The molecule has 3 aromatic rings. The van der Waals surface area contributed by atoms with Crippen LogP contribution in [0.15, 0.2) is 87.9 Å². The van der Waals surface area contributed by atoms with Gasteiger partial charge in [-0.25, -0.2) is 0 Å². The first-order chi connectivity index (χ1) is 20.8. The molecule has 4 atom stereocenters. The van der Waals surface area contributed by atoms with Crippen LogP contribution < -0.4 is 10.2 Å². The van der Waals surface area contributed by atoms with Gasteiger partial charge < -0.3 is 25.1 Å². The third kappa shape index (κ3) is 6.51. The van der Waals surface area contributed by atoms with Gasteiger partial charge >= 0.3 is 0 Å². The molecule has 0 unspecified atom stereocenters. The molecular formula is C35H40N2O6. The molecule has 1 aliphatic heterocycles. The molecule has 5 rings (SSSR count). The number of para-hydroxylation sites is 1. The minimum Gasteiger partial charge on any atom is -0.459 e. The minimum absolute atomic E-state index is 0.167. The Balaban J connectivity index is 1.34. The van der Waals surface area contributed by atoms with Gasteiger partial charge in [0.1, 0.15) is 18.1 Å². The van der Waals surface area contributed by atoms with Crippen molar-refractivity contribution in [3.05, 3.63) is 95.0 Å². The van der Waals surface area contributed by atoms with E-state index in [0.717, 1.165) is 28.9 Å². The van der Waals surface area contributed by atoms with E-state index in [-0.39, 0.29) is 25.0 Å². The Hall–Kier alpha value is -3.98. The monoisotopic (exact) mass is 584 g/mol. The van der Waals surface area contributed by atoms with Gasteiger partial charge in [0, 0.05) is 17.3 Å². The SMILES string of the molecule is CCCC1=C([C@H](O)CC/C(C)=C/c2ccc(CO)o2)[C@H](CO)[C@@H]2C(=O)N(c3ccc(Nc4ccccc4)cc3)C(=O)[C@@H]2C1. The lowest BCUT2D eigenvalue weighted by Gasteiger charge is -2.36. The summed E-state index contributed by atoms with van der Waals surface area (Å²) < 4.78 is 5.55. The van der Waals surface area contributed by atoms with Crippen LogP contribution in [0, 0.1) is 17.8 Å². The Morgan fingerprint density at radius 1 is 1.02 bits per heavy atom. The molecule has 4 N–H and O–H groups in total. The number of hydrogen-bond acceptors (Lipinski definition) is 7. The van der Waals surface area contributed by atoms with Crippen LogP contribution in [0.25, 0.3) is 6.08 Å². The van der Waals surface area contributed by atoms with Gasteiger partial charge in [0.05, 0.1) is 30.2 Å². The van der Waals surface area contributed by atoms with E-state index in [1.165, 1.54) is 4.90 Å². The first kappa shape index (κ1) is 30.5. The number of fused-ring (bicyclic) bond motifs is 1. The lowest BCUT2D eigenvalue weighted by atomic mass is 9.67. The van der Waals surface area contributed by atoms with Crippen LogP contribution in [0.5, 0.6) is 0 Å². The summed E-state index contributed by atoms with van der Waals surface area (Å²) in [4.78, 5) is 28.8. The molecule has 43 heavy (non-hydrogen) atoms. The quantitative estimate of drug-likeness (QED) is 0.153. The van der Waals surface area contributed by atoms with Crippen LogP contribution in [-0.2, 0) is 16.2 Å². The number of anilines is 3. The Morgan fingerprint density at radius 3 is 2.40 bits per heavy atom. The molecule has 2 amide bonds. The molecule has 1 aromatic heterocycles. The summed E-state index contributed by atoms with van der Waals surface area (Å²) in [6, 6.07) is 20.5. The number of carbonyl (C=O) groups is 2. The fraction of sp³-hybridized carbons (Fsp3) is 0.371. The van der Waals surface area contributed by atoms with E-state index in [2.05, 4.69) is 5.32 Å². The van der Waals surface area contributed by atoms with E-state index in [0.29, 0.717) is 48.5 Å². The third-order valence-electron chi connectivity index (χ3n) is 8.52. The molecule has 0 bridgehead atoms. The van der Waals surface area contributed by atoms with Crippen molar-refractivity contribution in [2.75, 3.05) is 16.8 Å². The molecule has 0 radical (unpaired) electrons. The normalized spacial score (nSPS) is 21.4. The lowest BCUT2D eigenvalue weighted by Crippen LogP contribution is -2.39. The number of nitrogens with zero attached hydrogens (tertiary/aromatic N) is 1. The molecule has 1 fully saturated rings. The second-order valence-electron chi connectivity index (χ2n) is 11.5. The molecule has 2 heterocycles. The predicted molar refractivity (Wildman–Crippen MR) is 166 cm³/mol. The number of furan rings is 1. The fourth-order valence-electron chi connectivity index (χ4n) is 6.53. The molecule has 1 saturated heterocycles. The summed E-state index contributed by atoms with van der Waals surface area (Å²) in [7, 11) is 0. The number of amides is 2. The third-order valence-corrected chi connectivity index (χ3v) is 8.52. The highest BCUT2D eigenvalue weighted by Gasteiger charge is 2.55. The highest BCUT2D eigenvalue weighted by atomic mass is 16.4. The van der Waals surface area contributed by atoms with Crippen molar-refractivity contribution < 1.29 is 29.3 Å². The minimum atomic E-state index is -0.854. The van der Waals surface area contributed by atoms with Gasteiger partial charge in [-0.2, -0.15) is 0 Å². The van der Waals surface area contributed by atoms with E-state index < -0.39 is 23.9 Å². The largest absolute Gasteiger partial charge is 0.459 e. The summed E-state index contributed by atoms with van der Waals surface area (Å²) in [6.07, 6.45) is 3.94. The Bertz CT molecular complexity index is 1490. The molecule has 0 spiro atoms. The number of aliphatic hydroxyl groups is 3. The Kier molecular flexibility index (Phi) is 9.60. The zero-order valence-electron chi connectivity index (χ0n) is 24.7. The standard InChI is InChI=1S/C35H40N2O6/c1-3-7-23-19-29-33(30(21-39)32(23)31(40)17-10-22(2)18-27-15-16-28(20-38)43-27)35(42)37(34(29)41)26-13-11-25(12-14-26)36-24-8-5-4-6-9-24/h4-6,8-9,11-16,18,29-31,33,36,38-40H,3,7,10,17,19-21H2,1-2H3/b22-18+/t29-,30+,31-,33-/m1/s1. The van der Waals surface area contributed by atoms with Crippen LogP contribution >= 0.6 is 0 Å². The summed E-state index contributed by atoms with van der Waals surface area (Å²) in [5.74, 6) is -1.37. The number of nitrogens with one attached hydrogen (secondary N) is 1. The maximum atomic E-state index is 13.9. The second kappa shape index (κ2) is 13.5. The number of imide groups is 1. The fourth-order valence-corrected chi connectivity index (χ4v) is 6.53. The smallest absolute Gasteiger partial charge is 0.238 e.